The SMILES string of the molecule is C#CC#CC#CC[C@@H](O)CCOC[C@@H](N)CO.C#CC#CC#CC[C@@H](O)CCOC[C@H](CO)N=[N+]=[N-].[3H]F.[HH].[HH].[HH].[HH].[HH].[HH].[HH].[HH].[HH].[HH].[N-]=[N+]=N. The van der Waals surface area contributed by atoms with Crippen molar-refractivity contribution in [2.24, 2.45) is 10.8 Å². The Morgan fingerprint density at radius 1 is 0.900 bits per heavy atom. The number of nitrogens with zero attached hydrogens (tertiary/aromatic N) is 5. The van der Waals surface area contributed by atoms with Crippen LogP contribution in [0.1, 0.15) is 39.9 Å². The van der Waals surface area contributed by atoms with Crippen LogP contribution in [0.2, 0.25) is 0 Å². The number of hydrogen-bond acceptors (Lipinski definition) is 9. The van der Waals surface area contributed by atoms with E-state index < -0.39 is 18.2 Å². The van der Waals surface area contributed by atoms with Crippen molar-refractivity contribution >= 4 is 0 Å². The maximum atomic E-state index is 9.53. The molecule has 13 nitrogen and oxygen atoms in total. The van der Waals surface area contributed by atoms with Gasteiger partial charge in [0.1, 0.15) is 0 Å². The fraction of sp³-hybridized carbons (Fsp3) is 0.538. The molecule has 4 atom stereocenters. The van der Waals surface area contributed by atoms with Crippen molar-refractivity contribution in [1.82, 2.24) is 0 Å². The molecule has 0 aromatic heterocycles. The molecule has 14 heteroatoms. The van der Waals surface area contributed by atoms with E-state index >= 15 is 0 Å². The Morgan fingerprint density at radius 3 is 1.73 bits per heavy atom. The van der Waals surface area contributed by atoms with Crippen molar-refractivity contribution < 1.29 is 48.9 Å². The van der Waals surface area contributed by atoms with Crippen molar-refractivity contribution in [3.8, 4) is 72.1 Å². The predicted molar refractivity (Wildman–Crippen MR) is 169 cm³/mol. The van der Waals surface area contributed by atoms with Crippen LogP contribution in [0, 0.1) is 77.6 Å². The number of nitrogens with one attached hydrogen (secondary N) is 1. The molecule has 0 spiro atoms. The van der Waals surface area contributed by atoms with Gasteiger partial charge in [-0.2, -0.15) is 0 Å². The van der Waals surface area contributed by atoms with Crippen molar-refractivity contribution in [2.45, 2.75) is 50.0 Å². The molecule has 40 heavy (non-hydrogen) atoms. The van der Waals surface area contributed by atoms with Gasteiger partial charge in [0.2, 0.25) is 0 Å². The van der Waals surface area contributed by atoms with Gasteiger partial charge in [-0.3, -0.25) is 4.72 Å². The summed E-state index contributed by atoms with van der Waals surface area (Å²) in [6.07, 6.45) is 10.1. The third-order valence-electron chi connectivity index (χ3n) is 3.74. The maximum absolute atomic E-state index is 9.53. The largest absolute Gasteiger partial charge is 0.396 e. The molecule has 0 radical (unpaired) electrons. The monoisotopic (exact) mass is 581 g/mol. The summed E-state index contributed by atoms with van der Waals surface area (Å²) in [5, 5.41) is 39.8. The molecule has 0 aliphatic heterocycles. The first-order valence-electron chi connectivity index (χ1n) is 11.6. The van der Waals surface area contributed by atoms with E-state index in [9.17, 15) is 10.2 Å². The fourth-order valence-corrected chi connectivity index (χ4v) is 1.91. The molecule has 236 valence electrons. The fourth-order valence-electron chi connectivity index (χ4n) is 1.91. The van der Waals surface area contributed by atoms with Crippen molar-refractivity contribution in [3.63, 3.8) is 0 Å². The molecule has 0 aromatic rings. The highest BCUT2D eigenvalue weighted by Crippen LogP contribution is 1.99. The molecule has 0 heterocycles. The molecule has 0 bridgehead atoms. The Kier molecular flexibility index (Phi) is 36.9. The number of azide groups is 1. The summed E-state index contributed by atoms with van der Waals surface area (Å²) in [5.74, 6) is 24.2. The number of halogens is 1. The van der Waals surface area contributed by atoms with E-state index in [2.05, 4.69) is 70.7 Å². The van der Waals surface area contributed by atoms with Gasteiger partial charge >= 0.3 is 0 Å². The molecule has 0 saturated heterocycles. The van der Waals surface area contributed by atoms with E-state index in [4.69, 9.17) is 59.6 Å². The lowest BCUT2D eigenvalue weighted by Crippen LogP contribution is -2.30. The normalized spacial score (nSPS) is 11.2. The van der Waals surface area contributed by atoms with E-state index in [0.29, 0.717) is 25.9 Å². The number of hydrogen-bond donors (Lipinski definition) is 6. The maximum Gasteiger partial charge on any atom is 0.269 e. The quantitative estimate of drug-likeness (QED) is 0.0555. The molecule has 0 aliphatic carbocycles. The molecule has 0 aliphatic rings. The molecule has 0 fully saturated rings. The summed E-state index contributed by atoms with van der Waals surface area (Å²) in [7, 11) is 0. The van der Waals surface area contributed by atoms with E-state index in [1.807, 2.05) is 0 Å². The highest BCUT2D eigenvalue weighted by Gasteiger charge is 2.06. The lowest BCUT2D eigenvalue weighted by atomic mass is 10.2. The van der Waals surface area contributed by atoms with Crippen LogP contribution in [0.15, 0.2) is 5.11 Å². The van der Waals surface area contributed by atoms with Gasteiger partial charge in [0, 0.05) is 45.2 Å². The first kappa shape index (κ1) is 40.1. The van der Waals surface area contributed by atoms with Crippen LogP contribution in [-0.4, -0.2) is 85.8 Å². The molecule has 0 saturated carbocycles. The van der Waals surface area contributed by atoms with E-state index in [1.54, 1.807) is 4.91 Å². The first-order chi connectivity index (χ1) is 19.9. The minimum absolute atomic E-state index is 0. The Morgan fingerprint density at radius 2 is 1.35 bits per heavy atom. The highest BCUT2D eigenvalue weighted by atomic mass is 19.0. The highest BCUT2D eigenvalue weighted by molar-refractivity contribution is 5.34. The topological polar surface area (TPSA) is 234 Å². The molecular formula is C26H54FN7O6. The van der Waals surface area contributed by atoms with Gasteiger partial charge in [-0.15, -0.1) is 18.4 Å². The van der Waals surface area contributed by atoms with Crippen LogP contribution < -0.4 is 5.73 Å². The van der Waals surface area contributed by atoms with Crippen LogP contribution >= 0.6 is 0 Å². The Labute approximate surface area is 250 Å². The molecule has 0 aromatic carbocycles. The Hall–Kier alpha value is -4.37. The van der Waals surface area contributed by atoms with Crippen molar-refractivity contribution in [2.75, 3.05) is 39.6 Å². The number of aliphatic hydroxyl groups excluding tert-OH is 4. The Balaban J connectivity index is -0.0000000338. The molecule has 0 amide bonds. The first-order valence-corrected chi connectivity index (χ1v) is 11.3. The van der Waals surface area contributed by atoms with Crippen LogP contribution in [0.4, 0.5) is 4.72 Å². The second kappa shape index (κ2) is 36.8. The predicted octanol–water partition coefficient (Wildman–Crippen LogP) is 3.05. The smallest absolute Gasteiger partial charge is 0.269 e. The van der Waals surface area contributed by atoms with Gasteiger partial charge in [-0.25, -0.2) is 0 Å². The van der Waals surface area contributed by atoms with Crippen molar-refractivity contribution in [3.05, 3.63) is 20.9 Å². The summed E-state index contributed by atoms with van der Waals surface area (Å²) in [5.41, 5.74) is 25.9. The minimum atomic E-state index is -0.618. The van der Waals surface area contributed by atoms with Crippen LogP contribution in [0.5, 0.6) is 0 Å². The van der Waals surface area contributed by atoms with Gasteiger partial charge in [-0.05, 0) is 76.2 Å². The van der Waals surface area contributed by atoms with Crippen LogP contribution in [0.25, 0.3) is 20.9 Å². The number of terminal acetylenes is 2. The zero-order valence-electron chi connectivity index (χ0n) is 22.8. The summed E-state index contributed by atoms with van der Waals surface area (Å²) >= 11 is 0. The number of ether oxygens (including phenoxy) is 2. The zero-order valence-corrected chi connectivity index (χ0v) is 21.8. The van der Waals surface area contributed by atoms with Gasteiger partial charge in [0.05, 0.1) is 50.7 Å². The summed E-state index contributed by atoms with van der Waals surface area (Å²) in [6, 6.07) is -0.966. The summed E-state index contributed by atoms with van der Waals surface area (Å²) in [4.78, 5) is 4.33. The Bertz CT molecular complexity index is 1100. The van der Waals surface area contributed by atoms with E-state index in [0.717, 1.165) is 0 Å². The minimum Gasteiger partial charge on any atom is -0.396 e. The van der Waals surface area contributed by atoms with Gasteiger partial charge in [0.25, 0.3) is 1.45 Å². The van der Waals surface area contributed by atoms with Crippen LogP contribution in [0.3, 0.4) is 0 Å². The molecule has 0 unspecified atom stereocenters. The average Bonchev–Trinajstić information content (AvgIpc) is 2.98. The second-order valence-electron chi connectivity index (χ2n) is 6.92. The van der Waals surface area contributed by atoms with Gasteiger partial charge < -0.3 is 35.6 Å². The van der Waals surface area contributed by atoms with Gasteiger partial charge in [-0.1, -0.05) is 17.0 Å². The standard InChI is InChI=1S/C13H15N3O3.C13H17NO3.FH.HN3.10H2/c1-2-3-4-5-6-7-13(18)8-9-19-11-12(10-17)15-16-14;1-2-3-4-5-6-7-13(16)8-9-17-11-12(14)10-15;;1-3-2;;;;;;;;;;/h1,12-13,17-18H,7-11H2;1,12-13,15-16H,7-11,14H2;1H;1H;10*1H/t2*12-,13+;;;;;;;;;;;;/m00............/s1/i/hT. The zero-order chi connectivity index (χ0) is 32.0. The molecular weight excluding hydrogens is 525 g/mol. The average molecular weight is 582 g/mol. The summed E-state index contributed by atoms with van der Waals surface area (Å²) < 4.78 is 23.3. The van der Waals surface area contributed by atoms with Gasteiger partial charge in [0.15, 0.2) is 0 Å². The number of nitrogens with two attached hydrogens (primary N) is 1. The van der Waals surface area contributed by atoms with E-state index in [-0.39, 0.29) is 59.8 Å². The third kappa shape index (κ3) is 38.2. The number of rotatable bonds is 15. The van der Waals surface area contributed by atoms with Crippen LogP contribution in [-0.2, 0) is 9.47 Å². The summed E-state index contributed by atoms with van der Waals surface area (Å²) in [6.45, 7) is 0.686. The molecule has 7 N–H and O–H groups in total. The van der Waals surface area contributed by atoms with E-state index in [1.165, 1.54) is 0 Å². The lowest BCUT2D eigenvalue weighted by molar-refractivity contribution is 0.0672. The third-order valence-corrected chi connectivity index (χ3v) is 3.74. The molecule has 0 rings (SSSR count). The van der Waals surface area contributed by atoms with Crippen molar-refractivity contribution in [1.29, 1.82) is 6.98 Å². The lowest BCUT2D eigenvalue weighted by Gasteiger charge is -2.10. The number of aliphatic hydroxyl groups is 4. The second-order valence-corrected chi connectivity index (χ2v) is 6.92.